The van der Waals surface area contributed by atoms with Gasteiger partial charge in [0.2, 0.25) is 23.8 Å². The molecule has 12 heterocycles. The van der Waals surface area contributed by atoms with E-state index in [9.17, 15) is 8.78 Å². The Labute approximate surface area is 623 Å². The summed E-state index contributed by atoms with van der Waals surface area (Å²) in [6, 6.07) is 37.8. The largest absolute Gasteiger partial charge is 0.381 e. The standard InChI is InChI=1S/C21H23N7.C19H20N6O.C18H19BrFN5O.C18H19ClFN5O/c1-14-11-18(21(3)9-10-21)28-20(23-14)24-19(26-28)22-12-16-13-27(25-15(16)2)17-7-5-4-6-8-17;1-13-9-17(16-5-7-26-8-6-16)25-19(22-13)23-18(24-25)21-12-15-4-2-3-14(10-15)11-20;1-11-9-15(12-5-7-26-8-6-12)25-18(22-11)23-17(24-25)21-10-13-3-2-4-14(19)16(13)20;1-11-6-16(13-2-4-26-5-3-13)25-18(22-11)23-17(24-25)21-10-12-7-14(19)9-15(20)8-12/h4-8,11,13H,9-10,12H2,1-3H3,(H,22,26);2-4,9-10,16H,5-8,12H2,1H3,(H,21,24);2-4,9,12H,5-8,10H2,1H3,(H,21,24);6-9,13H,2-5,10H2,1H3,(H,21,24). The third-order valence-electron chi connectivity index (χ3n) is 19.2. The molecule has 1 aliphatic carbocycles. The molecule has 26 nitrogen and oxygen atoms in total. The molecule has 17 rings (SSSR count). The molecule has 0 spiro atoms. The van der Waals surface area contributed by atoms with Crippen molar-refractivity contribution in [1.82, 2.24) is 88.1 Å². The van der Waals surface area contributed by atoms with Gasteiger partial charge < -0.3 is 35.5 Å². The highest BCUT2D eigenvalue weighted by Gasteiger charge is 2.42. The van der Waals surface area contributed by atoms with E-state index >= 15 is 0 Å². The molecule has 0 unspecified atom stereocenters. The first-order valence-corrected chi connectivity index (χ1v) is 36.8. The van der Waals surface area contributed by atoms with E-state index in [2.05, 4.69) is 140 Å². The molecule has 106 heavy (non-hydrogen) atoms. The lowest BCUT2D eigenvalue weighted by Crippen LogP contribution is -2.17. The van der Waals surface area contributed by atoms with E-state index in [-0.39, 0.29) is 17.0 Å². The zero-order chi connectivity index (χ0) is 73.4. The van der Waals surface area contributed by atoms with Crippen molar-refractivity contribution in [2.75, 3.05) is 60.9 Å². The molecule has 13 aromatic rings. The number of hydrogen-bond donors (Lipinski definition) is 4. The maximum absolute atomic E-state index is 14.1. The van der Waals surface area contributed by atoms with Gasteiger partial charge in [-0.2, -0.15) is 48.4 Å². The fraction of sp³-hybridized carbons (Fsp3) is 0.368. The molecular formula is C76H81BrClF2N23O3. The van der Waals surface area contributed by atoms with Crippen LogP contribution < -0.4 is 21.3 Å². The Balaban J connectivity index is 0.000000119. The minimum Gasteiger partial charge on any atom is -0.381 e. The molecule has 4 aliphatic rings. The second kappa shape index (κ2) is 32.5. The van der Waals surface area contributed by atoms with E-state index in [1.165, 1.54) is 30.7 Å². The predicted octanol–water partition coefficient (Wildman–Crippen LogP) is 14.0. The number of nitrogens with one attached hydrogen (secondary N) is 4. The van der Waals surface area contributed by atoms with Crippen molar-refractivity contribution in [3.05, 3.63) is 222 Å². The summed E-state index contributed by atoms with van der Waals surface area (Å²) in [6.45, 7) is 18.6. The number of rotatable bonds is 17. The van der Waals surface area contributed by atoms with Crippen LogP contribution >= 0.6 is 27.5 Å². The first kappa shape index (κ1) is 72.4. The van der Waals surface area contributed by atoms with Crippen LogP contribution in [0.15, 0.2) is 126 Å². The number of halogens is 4. The lowest BCUT2D eigenvalue weighted by molar-refractivity contribution is 0.0839. The average molecular weight is 1520 g/mol. The Morgan fingerprint density at radius 3 is 1.44 bits per heavy atom. The summed E-state index contributed by atoms with van der Waals surface area (Å²) < 4.78 is 53.6. The molecule has 0 radical (unpaired) electrons. The monoisotopic (exact) mass is 1520 g/mol. The SMILES string of the molecule is Cc1cc(C2(C)CC2)n2nc(NCc3cn(-c4ccccc4)nc3C)nc2n1.Cc1cc(C2CCOCC2)n2nc(NCc3cc(F)cc(Cl)c3)nc2n1.Cc1cc(C2CCOCC2)n2nc(NCc3cccc(Br)c3F)nc2n1.Cc1cc(C2CCOCC2)n2nc(NCc3cccc(C#N)c3)nc2n1. The maximum atomic E-state index is 14.1. The number of aryl methyl sites for hydroxylation is 5. The molecule has 0 atom stereocenters. The van der Waals surface area contributed by atoms with Crippen LogP contribution in [-0.2, 0) is 45.8 Å². The minimum absolute atomic E-state index is 0.199. The van der Waals surface area contributed by atoms with Gasteiger partial charge in [0.1, 0.15) is 11.6 Å². The highest BCUT2D eigenvalue weighted by molar-refractivity contribution is 9.10. The number of fused-ring (bicyclic) bond motifs is 4. The Morgan fingerprint density at radius 2 is 0.953 bits per heavy atom. The smallest absolute Gasteiger partial charge is 0.254 e. The van der Waals surface area contributed by atoms with Crippen LogP contribution in [0.1, 0.15) is 155 Å². The van der Waals surface area contributed by atoms with Gasteiger partial charge in [-0.25, -0.2) is 33.4 Å². The molecule has 546 valence electrons. The van der Waals surface area contributed by atoms with Gasteiger partial charge in [0.25, 0.3) is 23.1 Å². The van der Waals surface area contributed by atoms with Crippen molar-refractivity contribution in [2.24, 2.45) is 0 Å². The van der Waals surface area contributed by atoms with Crippen LogP contribution in [0.4, 0.5) is 32.6 Å². The van der Waals surface area contributed by atoms with Crippen molar-refractivity contribution in [1.29, 1.82) is 5.26 Å². The highest BCUT2D eigenvalue weighted by atomic mass is 79.9. The number of benzene rings is 4. The molecule has 9 aromatic heterocycles. The van der Waals surface area contributed by atoms with E-state index in [4.69, 9.17) is 31.1 Å². The van der Waals surface area contributed by atoms with Gasteiger partial charge in [0, 0.05) is 134 Å². The molecule has 4 aromatic carbocycles. The third kappa shape index (κ3) is 17.4. The molecule has 0 bridgehead atoms. The van der Waals surface area contributed by atoms with Gasteiger partial charge in [-0.1, -0.05) is 61.0 Å². The number of hydrogen-bond acceptors (Lipinski definition) is 21. The van der Waals surface area contributed by atoms with Crippen molar-refractivity contribution < 1.29 is 23.0 Å². The van der Waals surface area contributed by atoms with Crippen LogP contribution in [-0.4, -0.2) is 128 Å². The van der Waals surface area contributed by atoms with Gasteiger partial charge in [-0.15, -0.1) is 20.4 Å². The zero-order valence-electron chi connectivity index (χ0n) is 59.7. The van der Waals surface area contributed by atoms with Crippen molar-refractivity contribution in [3.8, 4) is 11.8 Å². The highest BCUT2D eigenvalue weighted by Crippen LogP contribution is 2.47. The Bertz CT molecular complexity index is 5290. The summed E-state index contributed by atoms with van der Waals surface area (Å²) in [4.78, 5) is 36.0. The lowest BCUT2D eigenvalue weighted by atomic mass is 9.96. The molecule has 1 saturated carbocycles. The fourth-order valence-electron chi connectivity index (χ4n) is 13.3. The van der Waals surface area contributed by atoms with Crippen LogP contribution in [0.2, 0.25) is 5.02 Å². The average Bonchev–Trinajstić information content (AvgIpc) is 1.59. The molecule has 30 heteroatoms. The molecule has 3 saturated heterocycles. The van der Waals surface area contributed by atoms with Crippen molar-refractivity contribution in [2.45, 2.75) is 142 Å². The minimum atomic E-state index is -0.364. The Morgan fingerprint density at radius 1 is 0.500 bits per heavy atom. The van der Waals surface area contributed by atoms with Crippen LogP contribution in [0.3, 0.4) is 0 Å². The number of nitrogens with zero attached hydrogens (tertiary/aromatic N) is 19. The zero-order valence-corrected chi connectivity index (χ0v) is 62.1. The van der Waals surface area contributed by atoms with E-state index < -0.39 is 0 Å². The van der Waals surface area contributed by atoms with Crippen LogP contribution in [0.25, 0.3) is 28.8 Å². The number of anilines is 4. The summed E-state index contributed by atoms with van der Waals surface area (Å²) in [7, 11) is 0. The maximum Gasteiger partial charge on any atom is 0.254 e. The lowest BCUT2D eigenvalue weighted by Gasteiger charge is -2.22. The fourth-order valence-corrected chi connectivity index (χ4v) is 13.9. The van der Waals surface area contributed by atoms with Crippen molar-refractivity contribution >= 4 is 74.4 Å². The predicted molar refractivity (Wildman–Crippen MR) is 401 cm³/mol. The van der Waals surface area contributed by atoms with Crippen LogP contribution in [0.5, 0.6) is 0 Å². The second-order valence-electron chi connectivity index (χ2n) is 27.3. The van der Waals surface area contributed by atoms with Gasteiger partial charge in [-0.05, 0) is 186 Å². The van der Waals surface area contributed by atoms with Gasteiger partial charge in [-0.3, -0.25) is 0 Å². The summed E-state index contributed by atoms with van der Waals surface area (Å²) >= 11 is 9.10. The van der Waals surface area contributed by atoms with E-state index in [1.807, 2.05) is 103 Å². The van der Waals surface area contributed by atoms with E-state index in [1.54, 1.807) is 39.4 Å². The first-order chi connectivity index (χ1) is 51.4. The first-order valence-electron chi connectivity index (χ1n) is 35.6. The summed E-state index contributed by atoms with van der Waals surface area (Å²) in [5.74, 6) is 4.94. The summed E-state index contributed by atoms with van der Waals surface area (Å²) in [6.07, 6.45) is 10.2. The summed E-state index contributed by atoms with van der Waals surface area (Å²) in [5.41, 5.74) is 14.6. The molecule has 3 aliphatic heterocycles. The van der Waals surface area contributed by atoms with E-state index in [0.717, 1.165) is 146 Å². The topological polar surface area (TPSA) is 290 Å². The third-order valence-corrected chi connectivity index (χ3v) is 20.0. The Hall–Kier alpha value is -10.5. The summed E-state index contributed by atoms with van der Waals surface area (Å²) in [5, 5.41) is 45.2. The molecule has 4 fully saturated rings. The quantitative estimate of drug-likeness (QED) is 0.0659. The Kier molecular flexibility index (Phi) is 22.2. The molecule has 4 N–H and O–H groups in total. The van der Waals surface area contributed by atoms with E-state index in [0.29, 0.717) is 111 Å². The molecular weight excluding hydrogens is 1440 g/mol. The van der Waals surface area contributed by atoms with Gasteiger partial charge >= 0.3 is 0 Å². The number of para-hydroxylation sites is 1. The van der Waals surface area contributed by atoms with Crippen molar-refractivity contribution in [3.63, 3.8) is 0 Å². The number of nitriles is 1. The van der Waals surface area contributed by atoms with Crippen LogP contribution in [0, 0.1) is 57.6 Å². The molecule has 0 amide bonds. The number of ether oxygens (including phenoxy) is 3. The number of aromatic nitrogens is 18. The normalized spacial score (nSPS) is 15.3. The van der Waals surface area contributed by atoms with Gasteiger partial charge in [0.05, 0.1) is 50.3 Å². The van der Waals surface area contributed by atoms with Gasteiger partial charge in [0.15, 0.2) is 0 Å². The second-order valence-corrected chi connectivity index (χ2v) is 28.6.